The van der Waals surface area contributed by atoms with E-state index in [1.165, 1.54) is 0 Å². The van der Waals surface area contributed by atoms with E-state index in [4.69, 9.17) is 9.84 Å². The number of carboxylic acids is 1. The molecule has 1 heterocycles. The van der Waals surface area contributed by atoms with Gasteiger partial charge in [-0.1, -0.05) is 32.9 Å². The van der Waals surface area contributed by atoms with E-state index < -0.39 is 18.1 Å². The van der Waals surface area contributed by atoms with E-state index in [1.807, 2.05) is 18.2 Å². The van der Waals surface area contributed by atoms with E-state index in [0.717, 1.165) is 5.56 Å². The van der Waals surface area contributed by atoms with Gasteiger partial charge in [0.1, 0.15) is 18.5 Å². The Hall–Kier alpha value is -1.59. The first kappa shape index (κ1) is 14.8. The smallest absolute Gasteiger partial charge is 0.317 e. The molecule has 20 heavy (non-hydrogen) atoms. The molecule has 110 valence electrons. The number of rotatable bonds is 3. The first-order chi connectivity index (χ1) is 9.29. The van der Waals surface area contributed by atoms with Crippen molar-refractivity contribution >= 4 is 5.97 Å². The van der Waals surface area contributed by atoms with Crippen molar-refractivity contribution in [3.05, 3.63) is 29.3 Å². The first-order valence-corrected chi connectivity index (χ1v) is 6.69. The Morgan fingerprint density at radius 3 is 2.75 bits per heavy atom. The first-order valence-electron chi connectivity index (χ1n) is 6.69. The number of aliphatic hydroxyl groups is 1. The predicted molar refractivity (Wildman–Crippen MR) is 75.0 cm³/mol. The van der Waals surface area contributed by atoms with Gasteiger partial charge in [-0.15, -0.1) is 0 Å². The summed E-state index contributed by atoms with van der Waals surface area (Å²) in [6, 6.07) is 5.38. The van der Waals surface area contributed by atoms with Crippen molar-refractivity contribution in [2.75, 3.05) is 13.2 Å². The summed E-state index contributed by atoms with van der Waals surface area (Å²) in [5.74, 6) is -0.274. The highest BCUT2D eigenvalue weighted by Crippen LogP contribution is 2.35. The van der Waals surface area contributed by atoms with Crippen LogP contribution in [-0.4, -0.2) is 35.4 Å². The number of carbonyl (C=O) groups is 1. The van der Waals surface area contributed by atoms with E-state index >= 15 is 0 Å². The van der Waals surface area contributed by atoms with Gasteiger partial charge in [0.15, 0.2) is 0 Å². The molecule has 0 amide bonds. The molecule has 2 rings (SSSR count). The van der Waals surface area contributed by atoms with E-state index in [0.29, 0.717) is 11.3 Å². The molecule has 0 radical (unpaired) electrons. The lowest BCUT2D eigenvalue weighted by atomic mass is 9.85. The van der Waals surface area contributed by atoms with Gasteiger partial charge >= 0.3 is 5.97 Å². The van der Waals surface area contributed by atoms with Gasteiger partial charge in [-0.3, -0.25) is 10.1 Å². The van der Waals surface area contributed by atoms with Crippen LogP contribution in [0.2, 0.25) is 0 Å². The van der Waals surface area contributed by atoms with E-state index in [2.05, 4.69) is 26.1 Å². The second-order valence-corrected chi connectivity index (χ2v) is 6.14. The lowest BCUT2D eigenvalue weighted by molar-refractivity contribution is -0.136. The molecule has 1 aromatic rings. The predicted octanol–water partition coefficient (Wildman–Crippen LogP) is 1.45. The molecule has 5 nitrogen and oxygen atoms in total. The Morgan fingerprint density at radius 1 is 1.45 bits per heavy atom. The van der Waals surface area contributed by atoms with Gasteiger partial charge in [-0.25, -0.2) is 0 Å². The van der Waals surface area contributed by atoms with Gasteiger partial charge in [-0.2, -0.15) is 0 Å². The Bertz CT molecular complexity index is 507. The highest BCUT2D eigenvalue weighted by molar-refractivity contribution is 5.69. The average molecular weight is 279 g/mol. The van der Waals surface area contributed by atoms with Crippen molar-refractivity contribution in [3.8, 4) is 5.75 Å². The number of aliphatic carboxylic acids is 1. The molecule has 1 aromatic carbocycles. The molecular weight excluding hydrogens is 258 g/mol. The standard InChI is InChI=1S/C15H21NO4/c1-15(2,3)9-4-5-10-12(6-9)20-8-11(14(10)19)16-7-13(17)18/h4-6,11,14,16,19H,7-8H2,1-3H3,(H,17,18)/t11-,14+/m1/s1. The Kier molecular flexibility index (Phi) is 4.01. The maximum atomic E-state index is 10.6. The minimum Gasteiger partial charge on any atom is -0.491 e. The highest BCUT2D eigenvalue weighted by Gasteiger charge is 2.30. The van der Waals surface area contributed by atoms with Crippen molar-refractivity contribution in [3.63, 3.8) is 0 Å². The number of fused-ring (bicyclic) bond motifs is 1. The lowest BCUT2D eigenvalue weighted by Crippen LogP contribution is -2.44. The number of carboxylic acid groups (broad SMARTS) is 1. The Balaban J connectivity index is 2.19. The van der Waals surface area contributed by atoms with Crippen LogP contribution in [0.15, 0.2) is 18.2 Å². The molecule has 0 aromatic heterocycles. The average Bonchev–Trinajstić information content (AvgIpc) is 2.36. The molecule has 2 atom stereocenters. The zero-order chi connectivity index (χ0) is 14.9. The fourth-order valence-electron chi connectivity index (χ4n) is 2.25. The molecule has 0 bridgehead atoms. The largest absolute Gasteiger partial charge is 0.491 e. The quantitative estimate of drug-likeness (QED) is 0.780. The number of aliphatic hydroxyl groups excluding tert-OH is 1. The summed E-state index contributed by atoms with van der Waals surface area (Å²) < 4.78 is 5.66. The topological polar surface area (TPSA) is 78.8 Å². The Labute approximate surface area is 118 Å². The van der Waals surface area contributed by atoms with E-state index in [-0.39, 0.29) is 18.6 Å². The SMILES string of the molecule is CC(C)(C)c1ccc2c(c1)OC[C@@H](NCC(=O)O)[C@H]2O. The van der Waals surface area contributed by atoms with Crippen LogP contribution in [0.1, 0.15) is 38.0 Å². The summed E-state index contributed by atoms with van der Waals surface area (Å²) in [4.78, 5) is 10.6. The third-order valence-electron chi connectivity index (χ3n) is 3.51. The molecular formula is C15H21NO4. The van der Waals surface area contributed by atoms with Gasteiger partial charge in [0.05, 0.1) is 12.6 Å². The summed E-state index contributed by atoms with van der Waals surface area (Å²) in [5.41, 5.74) is 1.86. The van der Waals surface area contributed by atoms with Crippen LogP contribution in [0.5, 0.6) is 5.75 Å². The van der Waals surface area contributed by atoms with Crippen molar-refractivity contribution in [1.82, 2.24) is 5.32 Å². The van der Waals surface area contributed by atoms with Crippen LogP contribution in [0.3, 0.4) is 0 Å². The summed E-state index contributed by atoms with van der Waals surface area (Å²) in [5, 5.41) is 21.7. The summed E-state index contributed by atoms with van der Waals surface area (Å²) >= 11 is 0. The molecule has 0 saturated heterocycles. The maximum Gasteiger partial charge on any atom is 0.317 e. The number of hydrogen-bond donors (Lipinski definition) is 3. The van der Waals surface area contributed by atoms with Crippen molar-refractivity contribution in [1.29, 1.82) is 0 Å². The third kappa shape index (κ3) is 3.11. The minimum absolute atomic E-state index is 0.0156. The van der Waals surface area contributed by atoms with Crippen molar-refractivity contribution in [2.45, 2.75) is 38.3 Å². The molecule has 5 heteroatoms. The van der Waals surface area contributed by atoms with Gasteiger partial charge < -0.3 is 14.9 Å². The number of ether oxygens (including phenoxy) is 1. The van der Waals surface area contributed by atoms with Gasteiger partial charge in [0, 0.05) is 5.56 Å². The molecule has 0 fully saturated rings. The molecule has 3 N–H and O–H groups in total. The van der Waals surface area contributed by atoms with Crippen LogP contribution in [0.4, 0.5) is 0 Å². The zero-order valence-corrected chi connectivity index (χ0v) is 12.0. The Morgan fingerprint density at radius 2 is 2.15 bits per heavy atom. The molecule has 1 aliphatic heterocycles. The summed E-state index contributed by atoms with van der Waals surface area (Å²) in [7, 11) is 0. The molecule has 0 aliphatic carbocycles. The maximum absolute atomic E-state index is 10.6. The third-order valence-corrected chi connectivity index (χ3v) is 3.51. The highest BCUT2D eigenvalue weighted by atomic mass is 16.5. The summed E-state index contributed by atoms with van der Waals surface area (Å²) in [6.45, 7) is 6.41. The van der Waals surface area contributed by atoms with Gasteiger partial charge in [0.2, 0.25) is 0 Å². The van der Waals surface area contributed by atoms with Gasteiger partial charge in [0.25, 0.3) is 0 Å². The second kappa shape index (κ2) is 5.42. The van der Waals surface area contributed by atoms with Gasteiger partial charge in [-0.05, 0) is 17.0 Å². The normalized spacial score (nSPS) is 22.0. The number of benzene rings is 1. The lowest BCUT2D eigenvalue weighted by Gasteiger charge is -2.32. The second-order valence-electron chi connectivity index (χ2n) is 6.14. The fourth-order valence-corrected chi connectivity index (χ4v) is 2.25. The van der Waals surface area contributed by atoms with Crippen LogP contribution in [0, 0.1) is 0 Å². The molecule has 0 unspecified atom stereocenters. The zero-order valence-electron chi connectivity index (χ0n) is 12.0. The van der Waals surface area contributed by atoms with Crippen LogP contribution < -0.4 is 10.1 Å². The van der Waals surface area contributed by atoms with E-state index in [9.17, 15) is 9.90 Å². The molecule has 1 aliphatic rings. The number of hydrogen-bond acceptors (Lipinski definition) is 4. The monoisotopic (exact) mass is 279 g/mol. The van der Waals surface area contributed by atoms with Crippen molar-refractivity contribution < 1.29 is 19.7 Å². The number of nitrogens with one attached hydrogen (secondary N) is 1. The molecule has 0 spiro atoms. The van der Waals surface area contributed by atoms with Crippen molar-refractivity contribution in [2.24, 2.45) is 0 Å². The van der Waals surface area contributed by atoms with Crippen LogP contribution in [0.25, 0.3) is 0 Å². The minimum atomic E-state index is -0.953. The van der Waals surface area contributed by atoms with Crippen LogP contribution in [-0.2, 0) is 10.2 Å². The van der Waals surface area contributed by atoms with E-state index in [1.54, 1.807) is 0 Å². The molecule has 0 saturated carbocycles. The van der Waals surface area contributed by atoms with Crippen LogP contribution >= 0.6 is 0 Å². The summed E-state index contributed by atoms with van der Waals surface area (Å²) in [6.07, 6.45) is -0.757. The fraction of sp³-hybridized carbons (Fsp3) is 0.533.